The average molecular weight is 999 g/mol. The maximum absolute atomic E-state index is 14.9. The molecule has 6 aromatic carbocycles. The van der Waals surface area contributed by atoms with Crippen LogP contribution in [0, 0.1) is 23.5 Å². The second kappa shape index (κ2) is 25.8. The molecule has 0 saturated heterocycles. The Bertz CT molecular complexity index is 2750. The molecule has 0 aliphatic rings. The standard InChI is InChI=1S/C32H39FO4.C31H37FO4/c1-21(2)16-24(18-31(34)36-7)23-9-11-25(12-10-23)37-20-22-8-14-29(32(3,4)5)27(17-22)28-19-26(35-6)13-15-30(28)33;1-20(2)15-23(17-30(33)34)22-8-10-24(11-9-22)36-19-21-7-13-28(31(3,4)5)26(16-21)27-18-25(35-6)12-14-29(27)32/h8-15,17,19,21,24H,16,18,20H2,1-7H3;7-14,16,18,20,23H,15,17,19H2,1-6H3,(H,33,34)/t24-;23-/m00/s1. The molecule has 73 heavy (non-hydrogen) atoms. The summed E-state index contributed by atoms with van der Waals surface area (Å²) in [6.07, 6.45) is 2.19. The van der Waals surface area contributed by atoms with Crippen molar-refractivity contribution in [3.63, 3.8) is 0 Å². The Balaban J connectivity index is 0.000000271. The summed E-state index contributed by atoms with van der Waals surface area (Å²) in [6.45, 7) is 21.9. The lowest BCUT2D eigenvalue weighted by Crippen LogP contribution is -2.13. The molecule has 0 saturated carbocycles. The minimum absolute atomic E-state index is 0.0261. The van der Waals surface area contributed by atoms with Gasteiger partial charge in [0, 0.05) is 11.1 Å². The fourth-order valence-electron chi connectivity index (χ4n) is 9.11. The zero-order valence-corrected chi connectivity index (χ0v) is 45.2. The average Bonchev–Trinajstić information content (AvgIpc) is 3.34. The van der Waals surface area contributed by atoms with Gasteiger partial charge in [0.05, 0.1) is 34.2 Å². The predicted molar refractivity (Wildman–Crippen MR) is 289 cm³/mol. The van der Waals surface area contributed by atoms with Gasteiger partial charge in [0.25, 0.3) is 0 Å². The summed E-state index contributed by atoms with van der Waals surface area (Å²) < 4.78 is 57.5. The van der Waals surface area contributed by atoms with Gasteiger partial charge in [-0.3, -0.25) is 9.59 Å². The molecular formula is C63H76F2O8. The summed E-state index contributed by atoms with van der Waals surface area (Å²) in [7, 11) is 4.58. The molecular weight excluding hydrogens is 923 g/mol. The number of hydrogen-bond acceptors (Lipinski definition) is 7. The van der Waals surface area contributed by atoms with Gasteiger partial charge in [0.2, 0.25) is 0 Å². The topological polar surface area (TPSA) is 101 Å². The van der Waals surface area contributed by atoms with E-state index in [1.54, 1.807) is 38.5 Å². The Morgan fingerprint density at radius 3 is 1.19 bits per heavy atom. The van der Waals surface area contributed by atoms with E-state index < -0.39 is 5.97 Å². The van der Waals surface area contributed by atoms with Gasteiger partial charge in [0.15, 0.2) is 0 Å². The van der Waals surface area contributed by atoms with Crippen molar-refractivity contribution in [1.82, 2.24) is 0 Å². The lowest BCUT2D eigenvalue weighted by atomic mass is 9.81. The number of benzene rings is 6. The predicted octanol–water partition coefficient (Wildman–Crippen LogP) is 16.1. The Morgan fingerprint density at radius 1 is 0.493 bits per heavy atom. The number of rotatable bonds is 20. The highest BCUT2D eigenvalue weighted by molar-refractivity contribution is 5.73. The monoisotopic (exact) mass is 999 g/mol. The van der Waals surface area contributed by atoms with Gasteiger partial charge >= 0.3 is 11.9 Å². The molecule has 1 N–H and O–H groups in total. The van der Waals surface area contributed by atoms with Crippen LogP contribution < -0.4 is 18.9 Å². The SMILES string of the molecule is COC(=O)C[C@H](CC(C)C)c1ccc(OCc2ccc(C(C)(C)C)c(-c3cc(OC)ccc3F)c2)cc1.COc1ccc(F)c(-c2cc(COc3ccc([C@H](CC(=O)O)CC(C)C)cc3)ccc2C(C)(C)C)c1. The highest BCUT2D eigenvalue weighted by Gasteiger charge is 2.24. The molecule has 0 spiro atoms. The van der Waals surface area contributed by atoms with Crippen molar-refractivity contribution in [2.24, 2.45) is 11.8 Å². The first kappa shape index (κ1) is 57.2. The Labute approximate surface area is 433 Å². The fraction of sp³-hybridized carbons (Fsp3) is 0.397. The summed E-state index contributed by atoms with van der Waals surface area (Å²) >= 11 is 0. The maximum atomic E-state index is 14.9. The van der Waals surface area contributed by atoms with E-state index in [-0.39, 0.29) is 46.7 Å². The zero-order chi connectivity index (χ0) is 53.6. The van der Waals surface area contributed by atoms with Crippen LogP contribution in [-0.2, 0) is 38.4 Å². The number of carboxylic acids is 1. The first-order valence-electron chi connectivity index (χ1n) is 25.2. The summed E-state index contributed by atoms with van der Waals surface area (Å²) in [5.74, 6) is 2.02. The van der Waals surface area contributed by atoms with Gasteiger partial charge < -0.3 is 28.8 Å². The smallest absolute Gasteiger partial charge is 0.306 e. The summed E-state index contributed by atoms with van der Waals surface area (Å²) in [6, 6.07) is 37.3. The second-order valence-electron chi connectivity index (χ2n) is 21.7. The normalized spacial score (nSPS) is 12.4. The molecule has 2 atom stereocenters. The van der Waals surface area contributed by atoms with Crippen LogP contribution in [0.4, 0.5) is 8.78 Å². The Hall–Kier alpha value is -6.68. The number of methoxy groups -OCH3 is 3. The van der Waals surface area contributed by atoms with E-state index in [1.807, 2.05) is 78.9 Å². The summed E-state index contributed by atoms with van der Waals surface area (Å²) in [5, 5.41) is 9.29. The van der Waals surface area contributed by atoms with E-state index in [1.165, 1.54) is 19.2 Å². The lowest BCUT2D eigenvalue weighted by molar-refractivity contribution is -0.141. The number of halogens is 2. The van der Waals surface area contributed by atoms with Gasteiger partial charge in [-0.05, 0) is 165 Å². The molecule has 8 nitrogen and oxygen atoms in total. The van der Waals surface area contributed by atoms with Crippen LogP contribution in [0.3, 0.4) is 0 Å². The van der Waals surface area contributed by atoms with E-state index in [0.717, 1.165) is 63.1 Å². The van der Waals surface area contributed by atoms with E-state index in [4.69, 9.17) is 23.7 Å². The molecule has 0 unspecified atom stereocenters. The first-order chi connectivity index (χ1) is 34.5. The molecule has 0 aromatic heterocycles. The molecule has 0 radical (unpaired) electrons. The van der Waals surface area contributed by atoms with Gasteiger partial charge in [-0.15, -0.1) is 0 Å². The maximum Gasteiger partial charge on any atom is 0.306 e. The molecule has 0 heterocycles. The molecule has 6 rings (SSSR count). The number of hydrogen-bond donors (Lipinski definition) is 1. The number of aliphatic carboxylic acids is 1. The van der Waals surface area contributed by atoms with Crippen molar-refractivity contribution in [3.8, 4) is 45.3 Å². The van der Waals surface area contributed by atoms with E-state index in [2.05, 4.69) is 75.3 Å². The lowest BCUT2D eigenvalue weighted by Gasteiger charge is -2.24. The zero-order valence-electron chi connectivity index (χ0n) is 45.2. The number of carbonyl (C=O) groups is 2. The van der Waals surface area contributed by atoms with E-state index in [9.17, 15) is 23.5 Å². The number of ether oxygens (including phenoxy) is 5. The quantitative estimate of drug-likeness (QED) is 0.0755. The molecule has 0 amide bonds. The summed E-state index contributed by atoms with van der Waals surface area (Å²) in [4.78, 5) is 23.2. The van der Waals surface area contributed by atoms with Gasteiger partial charge in [-0.1, -0.05) is 118 Å². The highest BCUT2D eigenvalue weighted by Crippen LogP contribution is 2.39. The molecule has 0 aliphatic carbocycles. The Morgan fingerprint density at radius 2 is 0.863 bits per heavy atom. The first-order valence-corrected chi connectivity index (χ1v) is 25.2. The minimum Gasteiger partial charge on any atom is -0.497 e. The second-order valence-corrected chi connectivity index (χ2v) is 21.7. The molecule has 0 bridgehead atoms. The van der Waals surface area contributed by atoms with Crippen LogP contribution in [0.1, 0.15) is 140 Å². The van der Waals surface area contributed by atoms with Crippen LogP contribution in [0.15, 0.2) is 121 Å². The van der Waals surface area contributed by atoms with Crippen LogP contribution in [0.2, 0.25) is 0 Å². The highest BCUT2D eigenvalue weighted by atomic mass is 19.1. The third kappa shape index (κ3) is 16.7. The third-order valence-corrected chi connectivity index (χ3v) is 12.8. The number of carboxylic acid groups (broad SMARTS) is 1. The van der Waals surface area contributed by atoms with E-state index in [0.29, 0.717) is 59.8 Å². The van der Waals surface area contributed by atoms with Crippen LogP contribution >= 0.6 is 0 Å². The van der Waals surface area contributed by atoms with E-state index >= 15 is 0 Å². The molecule has 0 aliphatic heterocycles. The van der Waals surface area contributed by atoms with Crippen LogP contribution in [0.25, 0.3) is 22.3 Å². The van der Waals surface area contributed by atoms with Crippen molar-refractivity contribution in [2.75, 3.05) is 21.3 Å². The molecule has 6 aromatic rings. The minimum atomic E-state index is -0.789. The van der Waals surface area contributed by atoms with Gasteiger partial charge in [0.1, 0.15) is 47.8 Å². The van der Waals surface area contributed by atoms with Crippen molar-refractivity contribution >= 4 is 11.9 Å². The molecule has 390 valence electrons. The largest absolute Gasteiger partial charge is 0.497 e. The van der Waals surface area contributed by atoms with Gasteiger partial charge in [-0.2, -0.15) is 0 Å². The van der Waals surface area contributed by atoms with Crippen molar-refractivity contribution in [3.05, 3.63) is 166 Å². The number of carbonyl (C=O) groups excluding carboxylic acids is 1. The summed E-state index contributed by atoms with van der Waals surface area (Å²) in [5.41, 5.74) is 8.37. The molecule has 10 heteroatoms. The van der Waals surface area contributed by atoms with Crippen molar-refractivity contribution in [1.29, 1.82) is 0 Å². The molecule has 0 fully saturated rings. The van der Waals surface area contributed by atoms with Gasteiger partial charge in [-0.25, -0.2) is 8.78 Å². The fourth-order valence-corrected chi connectivity index (χ4v) is 9.11. The van der Waals surface area contributed by atoms with Crippen LogP contribution in [-0.4, -0.2) is 38.4 Å². The Kier molecular flexibility index (Phi) is 20.2. The van der Waals surface area contributed by atoms with Crippen LogP contribution in [0.5, 0.6) is 23.0 Å². The van der Waals surface area contributed by atoms with Crippen molar-refractivity contribution < 1.29 is 47.2 Å². The number of esters is 1. The third-order valence-electron chi connectivity index (χ3n) is 12.8. The van der Waals surface area contributed by atoms with Crippen molar-refractivity contribution in [2.45, 2.75) is 131 Å².